The number of carbonyl (C=O) groups is 1. The summed E-state index contributed by atoms with van der Waals surface area (Å²) in [5, 5.41) is 9.33. The van der Waals surface area contributed by atoms with Gasteiger partial charge in [0.2, 0.25) is 5.91 Å². The SMILES string of the molecule is CCn1c(COc2ccccc2C)nnc1SCC(=O)N1CCC[C@@H](C)C1. The van der Waals surface area contributed by atoms with E-state index in [1.54, 1.807) is 0 Å². The number of thioether (sulfide) groups is 1. The molecule has 6 nitrogen and oxygen atoms in total. The van der Waals surface area contributed by atoms with Gasteiger partial charge >= 0.3 is 0 Å². The van der Waals surface area contributed by atoms with Crippen LogP contribution in [-0.4, -0.2) is 44.4 Å². The van der Waals surface area contributed by atoms with Crippen molar-refractivity contribution in [2.45, 2.75) is 51.9 Å². The Bertz CT molecular complexity index is 777. The smallest absolute Gasteiger partial charge is 0.233 e. The molecule has 0 unspecified atom stereocenters. The molecule has 3 rings (SSSR count). The van der Waals surface area contributed by atoms with E-state index in [9.17, 15) is 4.79 Å². The first kappa shape index (κ1) is 19.7. The number of aromatic nitrogens is 3. The summed E-state index contributed by atoms with van der Waals surface area (Å²) in [4.78, 5) is 14.5. The number of nitrogens with zero attached hydrogens (tertiary/aromatic N) is 4. The standard InChI is InChI=1S/C20H28N4O2S/c1-4-24-18(13-26-17-10-6-5-9-16(17)3)21-22-20(24)27-14-19(25)23-11-7-8-15(2)12-23/h5-6,9-10,15H,4,7-8,11-14H2,1-3H3/t15-/m1/s1. The Hall–Kier alpha value is -2.02. The van der Waals surface area contributed by atoms with Gasteiger partial charge in [-0.1, -0.05) is 36.9 Å². The molecule has 0 saturated carbocycles. The van der Waals surface area contributed by atoms with Crippen LogP contribution in [-0.2, 0) is 17.9 Å². The molecule has 1 aromatic heterocycles. The first-order chi connectivity index (χ1) is 13.1. The van der Waals surface area contributed by atoms with Crippen molar-refractivity contribution in [1.82, 2.24) is 19.7 Å². The van der Waals surface area contributed by atoms with Crippen LogP contribution in [0.3, 0.4) is 0 Å². The van der Waals surface area contributed by atoms with E-state index in [1.165, 1.54) is 18.2 Å². The van der Waals surface area contributed by atoms with E-state index in [2.05, 4.69) is 24.0 Å². The Labute approximate surface area is 165 Å². The Morgan fingerprint density at radius 2 is 2.15 bits per heavy atom. The molecule has 1 amide bonds. The summed E-state index contributed by atoms with van der Waals surface area (Å²) in [6, 6.07) is 7.93. The number of rotatable bonds is 7. The zero-order valence-corrected chi connectivity index (χ0v) is 17.2. The molecule has 1 aliphatic rings. The predicted molar refractivity (Wildman–Crippen MR) is 107 cm³/mol. The second kappa shape index (κ2) is 9.26. The Kier molecular flexibility index (Phi) is 6.77. The Morgan fingerprint density at radius 3 is 2.89 bits per heavy atom. The molecule has 7 heteroatoms. The lowest BCUT2D eigenvalue weighted by atomic mass is 10.0. The number of carbonyl (C=O) groups excluding carboxylic acids is 1. The minimum atomic E-state index is 0.190. The van der Waals surface area contributed by atoms with Gasteiger partial charge in [0.15, 0.2) is 11.0 Å². The molecule has 0 spiro atoms. The third-order valence-corrected chi connectivity index (χ3v) is 5.85. The number of hydrogen-bond donors (Lipinski definition) is 0. The summed E-state index contributed by atoms with van der Waals surface area (Å²) in [5.41, 5.74) is 1.09. The molecular formula is C20H28N4O2S. The minimum absolute atomic E-state index is 0.190. The second-order valence-electron chi connectivity index (χ2n) is 7.07. The highest BCUT2D eigenvalue weighted by molar-refractivity contribution is 7.99. The van der Waals surface area contributed by atoms with Gasteiger partial charge in [0.05, 0.1) is 5.75 Å². The first-order valence-electron chi connectivity index (χ1n) is 9.59. The van der Waals surface area contributed by atoms with Crippen molar-refractivity contribution in [3.8, 4) is 5.75 Å². The highest BCUT2D eigenvalue weighted by Gasteiger charge is 2.22. The Balaban J connectivity index is 1.58. The van der Waals surface area contributed by atoms with Crippen molar-refractivity contribution >= 4 is 17.7 Å². The lowest BCUT2D eigenvalue weighted by molar-refractivity contribution is -0.130. The molecule has 2 heterocycles. The second-order valence-corrected chi connectivity index (χ2v) is 8.02. The third-order valence-electron chi connectivity index (χ3n) is 4.89. The molecule has 2 aromatic rings. The van der Waals surface area contributed by atoms with E-state index in [0.717, 1.165) is 48.3 Å². The van der Waals surface area contributed by atoms with E-state index in [4.69, 9.17) is 4.74 Å². The Morgan fingerprint density at radius 1 is 1.33 bits per heavy atom. The van der Waals surface area contributed by atoms with Crippen LogP contribution in [0.2, 0.25) is 0 Å². The topological polar surface area (TPSA) is 60.2 Å². The largest absolute Gasteiger partial charge is 0.485 e. The van der Waals surface area contributed by atoms with Gasteiger partial charge in [0.1, 0.15) is 12.4 Å². The van der Waals surface area contributed by atoms with Gasteiger partial charge in [-0.3, -0.25) is 4.79 Å². The number of aryl methyl sites for hydroxylation is 1. The molecule has 0 radical (unpaired) electrons. The quantitative estimate of drug-likeness (QED) is 0.679. The van der Waals surface area contributed by atoms with Crippen molar-refractivity contribution in [3.05, 3.63) is 35.7 Å². The molecule has 1 aromatic carbocycles. The molecule has 1 atom stereocenters. The van der Waals surface area contributed by atoms with E-state index < -0.39 is 0 Å². The summed E-state index contributed by atoms with van der Waals surface area (Å²) >= 11 is 1.46. The van der Waals surface area contributed by atoms with Crippen LogP contribution in [0.1, 0.15) is 38.1 Å². The monoisotopic (exact) mass is 388 g/mol. The fourth-order valence-corrected chi connectivity index (χ4v) is 4.27. The highest BCUT2D eigenvalue weighted by Crippen LogP contribution is 2.22. The van der Waals surface area contributed by atoms with E-state index in [-0.39, 0.29) is 5.91 Å². The van der Waals surface area contributed by atoms with E-state index in [1.807, 2.05) is 40.7 Å². The molecule has 146 valence electrons. The average molecular weight is 389 g/mol. The van der Waals surface area contributed by atoms with Crippen LogP contribution in [0.4, 0.5) is 0 Å². The molecule has 0 aliphatic carbocycles. The lowest BCUT2D eigenvalue weighted by Crippen LogP contribution is -2.40. The molecule has 0 N–H and O–H groups in total. The van der Waals surface area contributed by atoms with E-state index >= 15 is 0 Å². The minimum Gasteiger partial charge on any atom is -0.485 e. The van der Waals surface area contributed by atoms with Crippen LogP contribution < -0.4 is 4.74 Å². The number of piperidine rings is 1. The van der Waals surface area contributed by atoms with Crippen molar-refractivity contribution in [1.29, 1.82) is 0 Å². The fourth-order valence-electron chi connectivity index (χ4n) is 3.34. The first-order valence-corrected chi connectivity index (χ1v) is 10.6. The maximum atomic E-state index is 12.5. The average Bonchev–Trinajstić information content (AvgIpc) is 3.07. The summed E-state index contributed by atoms with van der Waals surface area (Å²) in [7, 11) is 0. The highest BCUT2D eigenvalue weighted by atomic mass is 32.2. The van der Waals surface area contributed by atoms with Gasteiger partial charge in [0.25, 0.3) is 0 Å². The number of likely N-dealkylation sites (tertiary alicyclic amines) is 1. The van der Waals surface area contributed by atoms with Gasteiger partial charge in [-0.15, -0.1) is 10.2 Å². The number of amides is 1. The number of ether oxygens (including phenoxy) is 1. The van der Waals surface area contributed by atoms with Crippen molar-refractivity contribution in [2.75, 3.05) is 18.8 Å². The van der Waals surface area contributed by atoms with Crippen LogP contribution in [0.25, 0.3) is 0 Å². The zero-order chi connectivity index (χ0) is 19.2. The molecule has 1 aliphatic heterocycles. The van der Waals surface area contributed by atoms with Gasteiger partial charge < -0.3 is 14.2 Å². The predicted octanol–water partition coefficient (Wildman–Crippen LogP) is 3.54. The third kappa shape index (κ3) is 5.03. The maximum Gasteiger partial charge on any atom is 0.233 e. The zero-order valence-electron chi connectivity index (χ0n) is 16.4. The maximum absolute atomic E-state index is 12.5. The van der Waals surface area contributed by atoms with Crippen molar-refractivity contribution in [2.24, 2.45) is 5.92 Å². The summed E-state index contributed by atoms with van der Waals surface area (Å²) in [6.07, 6.45) is 2.31. The van der Waals surface area contributed by atoms with Crippen LogP contribution >= 0.6 is 11.8 Å². The molecule has 1 saturated heterocycles. The molecule has 1 fully saturated rings. The van der Waals surface area contributed by atoms with Gasteiger partial charge in [0, 0.05) is 19.6 Å². The van der Waals surface area contributed by atoms with Crippen LogP contribution in [0, 0.1) is 12.8 Å². The summed E-state index contributed by atoms with van der Waals surface area (Å²) in [5.74, 6) is 2.82. The fraction of sp³-hybridized carbons (Fsp3) is 0.550. The summed E-state index contributed by atoms with van der Waals surface area (Å²) in [6.45, 7) is 9.14. The molecular weight excluding hydrogens is 360 g/mol. The van der Waals surface area contributed by atoms with Crippen LogP contribution in [0.5, 0.6) is 5.75 Å². The summed E-state index contributed by atoms with van der Waals surface area (Å²) < 4.78 is 7.93. The normalized spacial score (nSPS) is 17.1. The lowest BCUT2D eigenvalue weighted by Gasteiger charge is -2.30. The van der Waals surface area contributed by atoms with Gasteiger partial charge in [-0.25, -0.2) is 0 Å². The molecule has 0 bridgehead atoms. The van der Waals surface area contributed by atoms with Gasteiger partial charge in [-0.05, 0) is 44.2 Å². The molecule has 27 heavy (non-hydrogen) atoms. The van der Waals surface area contributed by atoms with Crippen molar-refractivity contribution < 1.29 is 9.53 Å². The number of hydrogen-bond acceptors (Lipinski definition) is 5. The number of benzene rings is 1. The van der Waals surface area contributed by atoms with E-state index in [0.29, 0.717) is 18.3 Å². The van der Waals surface area contributed by atoms with Crippen LogP contribution in [0.15, 0.2) is 29.4 Å². The van der Waals surface area contributed by atoms with Crippen molar-refractivity contribution in [3.63, 3.8) is 0 Å². The number of para-hydroxylation sites is 1. The van der Waals surface area contributed by atoms with Gasteiger partial charge in [-0.2, -0.15) is 0 Å².